The number of fused-ring (bicyclic) bond motifs is 2. The number of hydrogen-bond acceptors (Lipinski definition) is 6. The lowest BCUT2D eigenvalue weighted by Gasteiger charge is -2.42. The molecule has 0 saturated carbocycles. The van der Waals surface area contributed by atoms with Crippen LogP contribution < -0.4 is 16.2 Å². The number of aromatic nitrogens is 5. The van der Waals surface area contributed by atoms with E-state index in [4.69, 9.17) is 5.73 Å². The summed E-state index contributed by atoms with van der Waals surface area (Å²) < 4.78 is 14.4. The molecular weight excluding hydrogens is 445 g/mol. The van der Waals surface area contributed by atoms with E-state index < -0.39 is 5.82 Å². The second kappa shape index (κ2) is 7.84. The number of H-pyrrole nitrogens is 2. The van der Waals surface area contributed by atoms with Crippen LogP contribution in [0.2, 0.25) is 0 Å². The fraction of sp³-hybridized carbons (Fsp3) is 0.308. The SMILES string of the molecule is C=C(c1cc(C)ncc1F)c1n[nH]c2nc(N3CCC4(CC3)Cc3ccccc3[C@H]4N)[nH]c(=O)c12. The summed E-state index contributed by atoms with van der Waals surface area (Å²) in [7, 11) is 0. The molecule has 0 amide bonds. The number of aromatic amines is 2. The van der Waals surface area contributed by atoms with Crippen LogP contribution in [0.25, 0.3) is 16.6 Å². The molecule has 0 bridgehead atoms. The van der Waals surface area contributed by atoms with Gasteiger partial charge in [-0.1, -0.05) is 30.8 Å². The van der Waals surface area contributed by atoms with Crippen LogP contribution in [0.4, 0.5) is 10.3 Å². The monoisotopic (exact) mass is 471 g/mol. The van der Waals surface area contributed by atoms with Crippen molar-refractivity contribution in [3.05, 3.63) is 87.4 Å². The summed E-state index contributed by atoms with van der Waals surface area (Å²) in [5.74, 6) is -0.0274. The van der Waals surface area contributed by atoms with E-state index in [1.165, 1.54) is 11.1 Å². The summed E-state index contributed by atoms with van der Waals surface area (Å²) in [6, 6.07) is 10.0. The summed E-state index contributed by atoms with van der Waals surface area (Å²) in [5.41, 5.74) is 10.8. The molecule has 2 aliphatic rings. The largest absolute Gasteiger partial charge is 0.342 e. The van der Waals surface area contributed by atoms with Gasteiger partial charge in [-0.3, -0.25) is 19.9 Å². The molecule has 4 aromatic rings. The Balaban J connectivity index is 1.27. The number of anilines is 1. The summed E-state index contributed by atoms with van der Waals surface area (Å²) >= 11 is 0. The highest BCUT2D eigenvalue weighted by Crippen LogP contribution is 2.50. The minimum absolute atomic E-state index is 0.0220. The number of nitrogens with two attached hydrogens (primary N) is 1. The molecule has 1 atom stereocenters. The topological polar surface area (TPSA) is 117 Å². The summed E-state index contributed by atoms with van der Waals surface area (Å²) in [6.07, 6.45) is 3.95. The Morgan fingerprint density at radius 3 is 2.83 bits per heavy atom. The standard InChI is InChI=1S/C26H26FN7O/c1-14-11-18(19(27)13-29-14)15(2)21-20-23(33-32-21)30-25(31-24(20)35)34-9-7-26(8-10-34)12-16-5-3-4-6-17(16)22(26)28/h3-6,11,13,22H,2,7-10,12,28H2,1H3,(H2,30,31,32,33,35)/t22-/m1/s1. The Bertz CT molecular complexity index is 1530. The van der Waals surface area contributed by atoms with E-state index in [9.17, 15) is 9.18 Å². The summed E-state index contributed by atoms with van der Waals surface area (Å²) in [4.78, 5) is 26.7. The van der Waals surface area contributed by atoms with E-state index >= 15 is 0 Å². The maximum atomic E-state index is 14.4. The van der Waals surface area contributed by atoms with Crippen molar-refractivity contribution in [1.82, 2.24) is 25.1 Å². The van der Waals surface area contributed by atoms with E-state index in [0.29, 0.717) is 22.9 Å². The fourth-order valence-corrected chi connectivity index (χ4v) is 5.67. The fourth-order valence-electron chi connectivity index (χ4n) is 5.67. The van der Waals surface area contributed by atoms with Crippen molar-refractivity contribution in [2.24, 2.45) is 11.1 Å². The van der Waals surface area contributed by atoms with Gasteiger partial charge in [0.05, 0.1) is 6.20 Å². The lowest BCUT2D eigenvalue weighted by Crippen LogP contribution is -2.45. The average molecular weight is 472 g/mol. The Kier molecular flexibility index (Phi) is 4.86. The van der Waals surface area contributed by atoms with E-state index in [0.717, 1.165) is 38.5 Å². The molecule has 0 radical (unpaired) electrons. The van der Waals surface area contributed by atoms with Crippen molar-refractivity contribution in [1.29, 1.82) is 0 Å². The second-order valence-corrected chi connectivity index (χ2v) is 9.67. The molecule has 3 aromatic heterocycles. The van der Waals surface area contributed by atoms with Crippen LogP contribution in [-0.2, 0) is 6.42 Å². The van der Waals surface area contributed by atoms with Gasteiger partial charge >= 0.3 is 0 Å². The van der Waals surface area contributed by atoms with Gasteiger partial charge in [-0.25, -0.2) is 4.39 Å². The molecular formula is C26H26FN7O. The highest BCUT2D eigenvalue weighted by Gasteiger charge is 2.46. The van der Waals surface area contributed by atoms with Crippen LogP contribution in [0.5, 0.6) is 0 Å². The average Bonchev–Trinajstić information content (AvgIpc) is 3.41. The third kappa shape index (κ3) is 3.37. The van der Waals surface area contributed by atoms with Crippen molar-refractivity contribution in [2.45, 2.75) is 32.2 Å². The molecule has 4 heterocycles. The predicted molar refractivity (Wildman–Crippen MR) is 133 cm³/mol. The zero-order chi connectivity index (χ0) is 24.3. The first kappa shape index (κ1) is 21.7. The van der Waals surface area contributed by atoms with Gasteiger partial charge in [-0.15, -0.1) is 0 Å². The van der Waals surface area contributed by atoms with Crippen molar-refractivity contribution in [3.63, 3.8) is 0 Å². The Morgan fingerprint density at radius 2 is 2.06 bits per heavy atom. The van der Waals surface area contributed by atoms with Gasteiger partial charge in [0, 0.05) is 36.0 Å². The molecule has 1 aliphatic carbocycles. The minimum Gasteiger partial charge on any atom is -0.342 e. The number of aryl methyl sites for hydroxylation is 1. The predicted octanol–water partition coefficient (Wildman–Crippen LogP) is 3.39. The van der Waals surface area contributed by atoms with E-state index in [2.05, 4.69) is 54.8 Å². The molecule has 4 N–H and O–H groups in total. The maximum Gasteiger partial charge on any atom is 0.264 e. The zero-order valence-electron chi connectivity index (χ0n) is 19.4. The van der Waals surface area contributed by atoms with Crippen molar-refractivity contribution in [3.8, 4) is 0 Å². The molecule has 6 rings (SSSR count). The van der Waals surface area contributed by atoms with Gasteiger partial charge in [0.15, 0.2) is 5.65 Å². The Hall–Kier alpha value is -3.85. The van der Waals surface area contributed by atoms with Gasteiger partial charge < -0.3 is 10.6 Å². The quantitative estimate of drug-likeness (QED) is 0.422. The number of rotatable bonds is 3. The highest BCUT2D eigenvalue weighted by molar-refractivity contribution is 5.92. The molecule has 178 valence electrons. The third-order valence-electron chi connectivity index (χ3n) is 7.67. The molecule has 1 aromatic carbocycles. The van der Waals surface area contributed by atoms with Crippen LogP contribution >= 0.6 is 0 Å². The van der Waals surface area contributed by atoms with Gasteiger partial charge in [0.2, 0.25) is 5.95 Å². The molecule has 1 saturated heterocycles. The van der Waals surface area contributed by atoms with Gasteiger partial charge in [-0.05, 0) is 48.8 Å². The van der Waals surface area contributed by atoms with Gasteiger partial charge in [-0.2, -0.15) is 10.1 Å². The Morgan fingerprint density at radius 1 is 1.29 bits per heavy atom. The molecule has 8 nitrogen and oxygen atoms in total. The zero-order valence-corrected chi connectivity index (χ0v) is 19.4. The molecule has 1 aliphatic heterocycles. The first-order valence-electron chi connectivity index (χ1n) is 11.7. The van der Waals surface area contributed by atoms with Crippen molar-refractivity contribution >= 4 is 22.6 Å². The number of benzene rings is 1. The minimum atomic E-state index is -0.521. The first-order chi connectivity index (χ1) is 16.9. The van der Waals surface area contributed by atoms with E-state index in [1.807, 2.05) is 6.07 Å². The van der Waals surface area contributed by atoms with E-state index in [-0.39, 0.29) is 33.7 Å². The van der Waals surface area contributed by atoms with Crippen molar-refractivity contribution < 1.29 is 4.39 Å². The van der Waals surface area contributed by atoms with Crippen LogP contribution in [0, 0.1) is 18.2 Å². The normalized spacial score (nSPS) is 18.8. The Labute approximate surface area is 201 Å². The van der Waals surface area contributed by atoms with Gasteiger partial charge in [0.1, 0.15) is 16.9 Å². The molecule has 0 unspecified atom stereocenters. The lowest BCUT2D eigenvalue weighted by atomic mass is 9.73. The number of piperidine rings is 1. The first-order valence-corrected chi connectivity index (χ1v) is 11.7. The van der Waals surface area contributed by atoms with Gasteiger partial charge in [0.25, 0.3) is 5.56 Å². The second-order valence-electron chi connectivity index (χ2n) is 9.67. The molecule has 1 fully saturated rings. The molecule has 9 heteroatoms. The third-order valence-corrected chi connectivity index (χ3v) is 7.67. The molecule has 35 heavy (non-hydrogen) atoms. The van der Waals surface area contributed by atoms with Crippen molar-refractivity contribution in [2.75, 3.05) is 18.0 Å². The lowest BCUT2D eigenvalue weighted by molar-refractivity contribution is 0.187. The summed E-state index contributed by atoms with van der Waals surface area (Å²) in [6.45, 7) is 7.23. The number of nitrogens with one attached hydrogen (secondary N) is 2. The van der Waals surface area contributed by atoms with E-state index in [1.54, 1.807) is 13.0 Å². The van der Waals surface area contributed by atoms with Crippen LogP contribution in [0.3, 0.4) is 0 Å². The van der Waals surface area contributed by atoms with Crippen LogP contribution in [0.1, 0.15) is 47.0 Å². The number of halogens is 1. The number of hydrogen-bond donors (Lipinski definition) is 3. The molecule has 1 spiro atoms. The highest BCUT2D eigenvalue weighted by atomic mass is 19.1. The number of nitrogens with zero attached hydrogens (tertiary/aromatic N) is 4. The van der Waals surface area contributed by atoms with Crippen LogP contribution in [-0.4, -0.2) is 38.2 Å². The van der Waals surface area contributed by atoms with Crippen LogP contribution in [0.15, 0.2) is 47.9 Å². The number of pyridine rings is 1. The smallest absolute Gasteiger partial charge is 0.264 e. The summed E-state index contributed by atoms with van der Waals surface area (Å²) in [5, 5.41) is 7.34. The maximum absolute atomic E-state index is 14.4.